The molecule has 0 bridgehead atoms. The molecule has 0 radical (unpaired) electrons. The maximum atomic E-state index is 9.54. The minimum atomic E-state index is -1.20. The zero-order valence-electron chi connectivity index (χ0n) is 7.42. The van der Waals surface area contributed by atoms with Crippen LogP contribution in [0.25, 0.3) is 0 Å². The maximum Gasteiger partial charge on any atom is 0.203 e. The molecule has 7 atom stereocenters. The molecule has 0 spiro atoms. The van der Waals surface area contributed by atoms with E-state index in [1.807, 2.05) is 9.47 Å². The van der Waals surface area contributed by atoms with E-state index < -0.39 is 30.9 Å². The molecule has 1 N–H and O–H groups in total. The lowest BCUT2D eigenvalue weighted by Gasteiger charge is -2.40. The molecular formula is C5H12O6P2S2. The fourth-order valence-electron chi connectivity index (χ4n) is 1.29. The highest BCUT2D eigenvalue weighted by atomic mass is 32.1. The van der Waals surface area contributed by atoms with Gasteiger partial charge in [0.1, 0.15) is 12.2 Å². The van der Waals surface area contributed by atoms with Crippen LogP contribution >= 0.6 is 44.8 Å². The van der Waals surface area contributed by atoms with Crippen LogP contribution in [-0.2, 0) is 22.2 Å². The molecule has 1 aliphatic rings. The third-order valence-corrected chi connectivity index (χ3v) is 3.09. The monoisotopic (exact) mass is 294 g/mol. The molecule has 15 heavy (non-hydrogen) atoms. The zero-order valence-corrected chi connectivity index (χ0v) is 11.5. The fourth-order valence-corrected chi connectivity index (χ4v) is 2.28. The SMILES string of the molecule is O[C@H]1O[C@H](OS)[C@H](OS)[C@@H](OP)[C@@H]1OP. The van der Waals surface area contributed by atoms with Gasteiger partial charge < -0.3 is 23.1 Å². The molecule has 90 valence electrons. The van der Waals surface area contributed by atoms with Gasteiger partial charge in [-0.15, -0.1) is 0 Å². The van der Waals surface area contributed by atoms with Gasteiger partial charge in [-0.3, -0.25) is 4.18 Å². The first-order valence-electron chi connectivity index (χ1n) is 3.84. The first-order valence-corrected chi connectivity index (χ1v) is 5.52. The van der Waals surface area contributed by atoms with Crippen molar-refractivity contribution in [3.8, 4) is 0 Å². The number of hydrogen-bond acceptors (Lipinski definition) is 8. The summed E-state index contributed by atoms with van der Waals surface area (Å²) in [6, 6.07) is 0. The summed E-state index contributed by atoms with van der Waals surface area (Å²) in [5.74, 6) is 0. The minimum Gasteiger partial charge on any atom is -0.366 e. The molecule has 1 heterocycles. The normalized spacial score (nSPS) is 41.8. The van der Waals surface area contributed by atoms with Crippen LogP contribution in [0.15, 0.2) is 0 Å². The molecule has 0 aliphatic carbocycles. The Morgan fingerprint density at radius 1 is 1.00 bits per heavy atom. The molecule has 1 aliphatic heterocycles. The van der Waals surface area contributed by atoms with Gasteiger partial charge in [-0.2, -0.15) is 0 Å². The zero-order chi connectivity index (χ0) is 11.4. The van der Waals surface area contributed by atoms with Crippen molar-refractivity contribution >= 4 is 44.8 Å². The van der Waals surface area contributed by atoms with E-state index in [1.54, 1.807) is 0 Å². The summed E-state index contributed by atoms with van der Waals surface area (Å²) in [7, 11) is 4.07. The van der Waals surface area contributed by atoms with Gasteiger partial charge in [0.25, 0.3) is 0 Å². The lowest BCUT2D eigenvalue weighted by atomic mass is 10.0. The second kappa shape index (κ2) is 6.91. The number of aliphatic hydroxyl groups excluding tert-OH is 1. The highest BCUT2D eigenvalue weighted by Crippen LogP contribution is 2.30. The van der Waals surface area contributed by atoms with Gasteiger partial charge in [-0.05, 0) is 25.8 Å². The number of rotatable bonds is 4. The topological polar surface area (TPSA) is 66.4 Å². The van der Waals surface area contributed by atoms with Crippen molar-refractivity contribution in [2.45, 2.75) is 30.9 Å². The third-order valence-electron chi connectivity index (χ3n) is 2.01. The van der Waals surface area contributed by atoms with Crippen LogP contribution in [0, 0.1) is 0 Å². The lowest BCUT2D eigenvalue weighted by Crippen LogP contribution is -2.58. The number of aliphatic hydroxyl groups is 1. The molecule has 1 rings (SSSR count). The Hall–Kier alpha value is 1.32. The van der Waals surface area contributed by atoms with E-state index in [9.17, 15) is 5.11 Å². The molecule has 0 amide bonds. The Labute approximate surface area is 103 Å². The van der Waals surface area contributed by atoms with Gasteiger partial charge in [0.15, 0.2) is 12.4 Å². The Bertz CT molecular complexity index is 200. The summed E-state index contributed by atoms with van der Waals surface area (Å²) in [6.07, 6.45) is -4.14. The van der Waals surface area contributed by atoms with Gasteiger partial charge in [-0.25, -0.2) is 0 Å². The second-order valence-electron chi connectivity index (χ2n) is 2.77. The van der Waals surface area contributed by atoms with Gasteiger partial charge in [0.05, 0.1) is 0 Å². The highest BCUT2D eigenvalue weighted by Gasteiger charge is 2.47. The molecule has 6 nitrogen and oxygen atoms in total. The average Bonchev–Trinajstić information content (AvgIpc) is 2.27. The van der Waals surface area contributed by atoms with Crippen LogP contribution in [0.2, 0.25) is 0 Å². The first kappa shape index (κ1) is 14.4. The summed E-state index contributed by atoms with van der Waals surface area (Å²) in [6.45, 7) is 0. The van der Waals surface area contributed by atoms with E-state index in [0.29, 0.717) is 0 Å². The number of ether oxygens (including phenoxy) is 1. The Kier molecular flexibility index (Phi) is 6.63. The van der Waals surface area contributed by atoms with E-state index in [1.165, 1.54) is 0 Å². The average molecular weight is 294 g/mol. The fraction of sp³-hybridized carbons (Fsp3) is 1.00. The Balaban J connectivity index is 2.80. The first-order chi connectivity index (χ1) is 7.19. The molecule has 1 saturated heterocycles. The summed E-state index contributed by atoms with van der Waals surface area (Å²) < 4.78 is 24.5. The Morgan fingerprint density at radius 3 is 2.00 bits per heavy atom. The van der Waals surface area contributed by atoms with E-state index in [4.69, 9.17) is 18.0 Å². The standard InChI is InChI=1S/C5H12O6P2S2/c6-4-2(9-13)1(8-12)3(10-14)5(7-4)11-15/h1-6,14-15H,12-13H2/t1-,2-,3+,4-,5+/m0/s1. The van der Waals surface area contributed by atoms with Crippen molar-refractivity contribution in [2.75, 3.05) is 0 Å². The molecule has 1 fully saturated rings. The Morgan fingerprint density at radius 2 is 1.60 bits per heavy atom. The molecule has 0 aromatic carbocycles. The van der Waals surface area contributed by atoms with Crippen LogP contribution in [0.5, 0.6) is 0 Å². The second-order valence-corrected chi connectivity index (χ2v) is 3.74. The lowest BCUT2D eigenvalue weighted by molar-refractivity contribution is -0.300. The molecule has 2 unspecified atom stereocenters. The maximum absolute atomic E-state index is 9.54. The quantitative estimate of drug-likeness (QED) is 0.388. The summed E-state index contributed by atoms with van der Waals surface area (Å²) in [5, 5.41) is 9.54. The van der Waals surface area contributed by atoms with Gasteiger partial charge in [-0.1, -0.05) is 0 Å². The van der Waals surface area contributed by atoms with Crippen molar-refractivity contribution in [3.63, 3.8) is 0 Å². The van der Waals surface area contributed by atoms with Crippen molar-refractivity contribution in [3.05, 3.63) is 0 Å². The van der Waals surface area contributed by atoms with Crippen LogP contribution in [0.4, 0.5) is 0 Å². The van der Waals surface area contributed by atoms with Crippen LogP contribution in [-0.4, -0.2) is 36.0 Å². The molecular weight excluding hydrogens is 282 g/mol. The summed E-state index contributed by atoms with van der Waals surface area (Å²) in [5.41, 5.74) is 0. The largest absolute Gasteiger partial charge is 0.366 e. The van der Waals surface area contributed by atoms with Crippen molar-refractivity contribution in [1.82, 2.24) is 0 Å². The van der Waals surface area contributed by atoms with E-state index in [0.717, 1.165) is 0 Å². The van der Waals surface area contributed by atoms with Gasteiger partial charge >= 0.3 is 0 Å². The highest BCUT2D eigenvalue weighted by molar-refractivity contribution is 7.75. The van der Waals surface area contributed by atoms with Crippen molar-refractivity contribution < 1.29 is 27.3 Å². The molecule has 10 heteroatoms. The van der Waals surface area contributed by atoms with Crippen LogP contribution in [0.1, 0.15) is 0 Å². The predicted octanol–water partition coefficient (Wildman–Crippen LogP) is 0.103. The number of thiol groups is 2. The van der Waals surface area contributed by atoms with Crippen LogP contribution in [0.3, 0.4) is 0 Å². The van der Waals surface area contributed by atoms with Crippen molar-refractivity contribution in [1.29, 1.82) is 0 Å². The predicted molar refractivity (Wildman–Crippen MR) is 64.0 cm³/mol. The van der Waals surface area contributed by atoms with E-state index >= 15 is 0 Å². The third kappa shape index (κ3) is 3.16. The van der Waals surface area contributed by atoms with Gasteiger partial charge in [0.2, 0.25) is 6.29 Å². The number of hydrogen-bond donors (Lipinski definition) is 3. The molecule has 0 saturated carbocycles. The molecule has 0 aromatic heterocycles. The van der Waals surface area contributed by atoms with E-state index in [-0.39, 0.29) is 0 Å². The van der Waals surface area contributed by atoms with Crippen molar-refractivity contribution in [2.24, 2.45) is 0 Å². The minimum absolute atomic E-state index is 0.620. The summed E-state index contributed by atoms with van der Waals surface area (Å²) in [4.78, 5) is 0. The smallest absolute Gasteiger partial charge is 0.203 e. The molecule has 0 aromatic rings. The van der Waals surface area contributed by atoms with Crippen LogP contribution < -0.4 is 0 Å². The van der Waals surface area contributed by atoms with Gasteiger partial charge in [0, 0.05) is 18.9 Å². The van der Waals surface area contributed by atoms with E-state index in [2.05, 4.69) is 39.5 Å². The summed E-state index contributed by atoms with van der Waals surface area (Å²) >= 11 is 7.27.